The minimum absolute atomic E-state index is 0.0263. The molecule has 2 heterocycles. The monoisotopic (exact) mass is 477 g/mol. The quantitative estimate of drug-likeness (QED) is 0.600. The van der Waals surface area contributed by atoms with E-state index in [-0.39, 0.29) is 10.7 Å². The van der Waals surface area contributed by atoms with Crippen LogP contribution in [0.3, 0.4) is 0 Å². The molecule has 0 aliphatic carbocycles. The second-order valence-electron chi connectivity index (χ2n) is 4.56. The van der Waals surface area contributed by atoms with Gasteiger partial charge in [-0.15, -0.1) is 11.3 Å². The van der Waals surface area contributed by atoms with E-state index in [2.05, 4.69) is 71.3 Å². The molecule has 1 aromatic heterocycles. The van der Waals surface area contributed by atoms with Gasteiger partial charge in [0, 0.05) is 12.1 Å². The molecule has 0 saturated heterocycles. The predicted molar refractivity (Wildman–Crippen MR) is 93.0 cm³/mol. The van der Waals surface area contributed by atoms with Gasteiger partial charge in [-0.1, -0.05) is 28.1 Å². The molecule has 1 aromatic carbocycles. The van der Waals surface area contributed by atoms with Gasteiger partial charge < -0.3 is 5.32 Å². The molecule has 0 spiro atoms. The summed E-state index contributed by atoms with van der Waals surface area (Å²) in [5, 5.41) is 2.89. The summed E-state index contributed by atoms with van der Waals surface area (Å²) in [5.74, 6) is 0.0263. The molecule has 1 aliphatic rings. The van der Waals surface area contributed by atoms with Gasteiger partial charge in [0.25, 0.3) is 5.91 Å². The summed E-state index contributed by atoms with van der Waals surface area (Å²) in [7, 11) is 0. The van der Waals surface area contributed by atoms with Gasteiger partial charge in [0.2, 0.25) is 0 Å². The Bertz CT molecular complexity index is 683. The lowest BCUT2D eigenvalue weighted by Crippen LogP contribution is -2.31. The number of halogens is 3. The molecule has 1 amide bonds. The molecule has 1 atom stereocenters. The van der Waals surface area contributed by atoms with Crippen LogP contribution in [0, 0.1) is 0 Å². The average molecular weight is 480 g/mol. The molecule has 2 nitrogen and oxygen atoms in total. The molecule has 2 aromatic rings. The second kappa shape index (κ2) is 5.91. The minimum atomic E-state index is 0.0263. The standard InChI is InChI=1S/C14H10Br3NOS/c15-11-6-10(13(17)20-11)12(16)8-2-1-7-3-4-18-14(19)9(7)5-8/h1-2,5-6,12H,3-4H2,(H,18,19). The van der Waals surface area contributed by atoms with Crippen LogP contribution in [-0.2, 0) is 6.42 Å². The minimum Gasteiger partial charge on any atom is -0.352 e. The normalized spacial score (nSPS) is 15.7. The number of benzene rings is 1. The van der Waals surface area contributed by atoms with Crippen molar-refractivity contribution < 1.29 is 4.79 Å². The molecule has 1 aliphatic heterocycles. The SMILES string of the molecule is O=C1NCCc2ccc(C(Br)c3cc(Br)sc3Br)cc21. The Hall–Kier alpha value is -0.170. The zero-order valence-electron chi connectivity index (χ0n) is 10.3. The van der Waals surface area contributed by atoms with E-state index in [9.17, 15) is 4.79 Å². The van der Waals surface area contributed by atoms with E-state index in [1.807, 2.05) is 6.07 Å². The molecule has 1 unspecified atom stereocenters. The van der Waals surface area contributed by atoms with E-state index < -0.39 is 0 Å². The van der Waals surface area contributed by atoms with E-state index in [4.69, 9.17) is 0 Å². The van der Waals surface area contributed by atoms with E-state index in [0.717, 1.165) is 42.8 Å². The van der Waals surface area contributed by atoms with Gasteiger partial charge in [0.1, 0.15) is 0 Å². The van der Waals surface area contributed by atoms with Crippen molar-refractivity contribution in [3.63, 3.8) is 0 Å². The van der Waals surface area contributed by atoms with Crippen LogP contribution < -0.4 is 5.32 Å². The molecule has 0 radical (unpaired) electrons. The van der Waals surface area contributed by atoms with Crippen molar-refractivity contribution in [2.45, 2.75) is 11.2 Å². The number of hydrogen-bond acceptors (Lipinski definition) is 2. The highest BCUT2D eigenvalue weighted by molar-refractivity contribution is 9.12. The summed E-state index contributed by atoms with van der Waals surface area (Å²) in [5.41, 5.74) is 4.18. The van der Waals surface area contributed by atoms with Crippen LogP contribution in [-0.4, -0.2) is 12.5 Å². The number of hydrogen-bond donors (Lipinski definition) is 1. The highest BCUT2D eigenvalue weighted by Crippen LogP contribution is 2.42. The molecule has 3 rings (SSSR count). The Morgan fingerprint density at radius 2 is 2.05 bits per heavy atom. The summed E-state index contributed by atoms with van der Waals surface area (Å²) in [4.78, 5) is 12.0. The van der Waals surface area contributed by atoms with Gasteiger partial charge in [0.05, 0.1) is 12.4 Å². The van der Waals surface area contributed by atoms with Crippen LogP contribution in [0.2, 0.25) is 0 Å². The van der Waals surface area contributed by atoms with Crippen LogP contribution in [0.25, 0.3) is 0 Å². The van der Waals surface area contributed by atoms with Crippen molar-refractivity contribution in [3.05, 3.63) is 54.1 Å². The van der Waals surface area contributed by atoms with Gasteiger partial charge >= 0.3 is 0 Å². The fourth-order valence-corrected chi connectivity index (χ4v) is 6.30. The highest BCUT2D eigenvalue weighted by atomic mass is 79.9. The van der Waals surface area contributed by atoms with Crippen molar-refractivity contribution >= 4 is 65.0 Å². The van der Waals surface area contributed by atoms with Crippen LogP contribution in [0.4, 0.5) is 0 Å². The third-order valence-corrected chi connectivity index (χ3v) is 6.71. The number of nitrogens with one attached hydrogen (secondary N) is 1. The fraction of sp³-hybridized carbons (Fsp3) is 0.214. The first-order chi connectivity index (χ1) is 9.56. The van der Waals surface area contributed by atoms with E-state index in [1.54, 1.807) is 11.3 Å². The number of rotatable bonds is 2. The zero-order chi connectivity index (χ0) is 14.3. The Morgan fingerprint density at radius 1 is 1.25 bits per heavy atom. The van der Waals surface area contributed by atoms with E-state index >= 15 is 0 Å². The van der Waals surface area contributed by atoms with Gasteiger partial charge in [-0.3, -0.25) is 4.79 Å². The molecule has 0 fully saturated rings. The molecule has 0 saturated carbocycles. The first kappa shape index (κ1) is 14.8. The van der Waals surface area contributed by atoms with Crippen LogP contribution in [0.15, 0.2) is 31.8 Å². The van der Waals surface area contributed by atoms with Crippen molar-refractivity contribution in [3.8, 4) is 0 Å². The summed E-state index contributed by atoms with van der Waals surface area (Å²) >= 11 is 12.5. The predicted octanol–water partition coefficient (Wildman–Crippen LogP) is 5.04. The molecule has 20 heavy (non-hydrogen) atoms. The lowest BCUT2D eigenvalue weighted by molar-refractivity contribution is 0.0946. The largest absolute Gasteiger partial charge is 0.352 e. The zero-order valence-corrected chi connectivity index (χ0v) is 15.8. The number of fused-ring (bicyclic) bond motifs is 1. The summed E-state index contributed by atoms with van der Waals surface area (Å²) in [6.07, 6.45) is 0.905. The van der Waals surface area contributed by atoms with E-state index in [1.165, 1.54) is 0 Å². The van der Waals surface area contributed by atoms with Crippen LogP contribution in [0.5, 0.6) is 0 Å². The number of alkyl halides is 1. The maximum atomic E-state index is 11.9. The average Bonchev–Trinajstić information content (AvgIpc) is 2.77. The third-order valence-electron chi connectivity index (χ3n) is 3.31. The number of amides is 1. The summed E-state index contributed by atoms with van der Waals surface area (Å²) in [6, 6.07) is 8.23. The summed E-state index contributed by atoms with van der Waals surface area (Å²) in [6.45, 7) is 0.728. The summed E-state index contributed by atoms with van der Waals surface area (Å²) < 4.78 is 2.17. The maximum Gasteiger partial charge on any atom is 0.251 e. The Balaban J connectivity index is 2.00. The molecule has 0 bridgehead atoms. The molecule has 6 heteroatoms. The number of carbonyl (C=O) groups excluding carboxylic acids is 1. The molecule has 104 valence electrons. The Kier molecular flexibility index (Phi) is 4.36. The maximum absolute atomic E-state index is 11.9. The van der Waals surface area contributed by atoms with Crippen molar-refractivity contribution in [2.24, 2.45) is 0 Å². The molecule has 1 N–H and O–H groups in total. The highest BCUT2D eigenvalue weighted by Gasteiger charge is 2.21. The van der Waals surface area contributed by atoms with Crippen LogP contribution >= 0.6 is 59.1 Å². The Morgan fingerprint density at radius 3 is 2.75 bits per heavy atom. The smallest absolute Gasteiger partial charge is 0.251 e. The number of carbonyl (C=O) groups is 1. The van der Waals surface area contributed by atoms with Crippen LogP contribution in [0.1, 0.15) is 31.9 Å². The fourth-order valence-electron chi connectivity index (χ4n) is 2.29. The molecular formula is C14H10Br3NOS. The Labute approximate surface area is 146 Å². The molecular weight excluding hydrogens is 470 g/mol. The van der Waals surface area contributed by atoms with Gasteiger partial charge in [-0.25, -0.2) is 0 Å². The van der Waals surface area contributed by atoms with Crippen molar-refractivity contribution in [2.75, 3.05) is 6.54 Å². The van der Waals surface area contributed by atoms with Gasteiger partial charge in [-0.05, 0) is 67.1 Å². The second-order valence-corrected chi connectivity index (χ2v) is 9.23. The topological polar surface area (TPSA) is 29.1 Å². The first-order valence-corrected chi connectivity index (χ1v) is 9.38. The van der Waals surface area contributed by atoms with Gasteiger partial charge in [0.15, 0.2) is 0 Å². The third kappa shape index (κ3) is 2.75. The lowest BCUT2D eigenvalue weighted by atomic mass is 9.96. The van der Waals surface area contributed by atoms with Gasteiger partial charge in [-0.2, -0.15) is 0 Å². The lowest BCUT2D eigenvalue weighted by Gasteiger charge is -2.18. The first-order valence-electron chi connectivity index (χ1n) is 6.06. The number of thiophene rings is 1. The van der Waals surface area contributed by atoms with E-state index in [0.29, 0.717) is 0 Å². The van der Waals surface area contributed by atoms with Crippen molar-refractivity contribution in [1.82, 2.24) is 5.32 Å². The van der Waals surface area contributed by atoms with Crippen molar-refractivity contribution in [1.29, 1.82) is 0 Å².